The minimum absolute atomic E-state index is 0.0507. The number of benzene rings is 1. The van der Waals surface area contributed by atoms with Crippen molar-refractivity contribution in [3.63, 3.8) is 0 Å². The number of amides is 1. The van der Waals surface area contributed by atoms with E-state index in [1.807, 2.05) is 43.1 Å². The fourth-order valence-electron chi connectivity index (χ4n) is 2.58. The lowest BCUT2D eigenvalue weighted by atomic mass is 10.1. The Balaban J connectivity index is 1.48. The normalized spacial score (nSPS) is 14.0. The second kappa shape index (κ2) is 7.68. The fourth-order valence-corrected chi connectivity index (χ4v) is 3.28. The summed E-state index contributed by atoms with van der Waals surface area (Å²) in [6.45, 7) is 3.54. The number of hydrogen-bond acceptors (Lipinski definition) is 5. The summed E-state index contributed by atoms with van der Waals surface area (Å²) in [5.41, 5.74) is 1.10. The highest BCUT2D eigenvalue weighted by Gasteiger charge is 2.19. The molecule has 0 aliphatic carbocycles. The highest BCUT2D eigenvalue weighted by Crippen LogP contribution is 2.32. The predicted molar refractivity (Wildman–Crippen MR) is 94.5 cm³/mol. The van der Waals surface area contributed by atoms with Crippen LogP contribution in [0.2, 0.25) is 0 Å². The van der Waals surface area contributed by atoms with Crippen LogP contribution in [0.1, 0.15) is 17.4 Å². The number of likely N-dealkylation sites (N-methyl/N-ethyl adjacent to an activating group) is 1. The summed E-state index contributed by atoms with van der Waals surface area (Å²) < 4.78 is 10.7. The Morgan fingerprint density at radius 1 is 1.33 bits per heavy atom. The number of rotatable bonds is 7. The molecule has 24 heavy (non-hydrogen) atoms. The van der Waals surface area contributed by atoms with Crippen LogP contribution in [0.25, 0.3) is 0 Å². The van der Waals surface area contributed by atoms with Gasteiger partial charge in [-0.3, -0.25) is 9.69 Å². The van der Waals surface area contributed by atoms with Crippen LogP contribution in [0.5, 0.6) is 11.5 Å². The number of carbonyl (C=O) groups is 1. The predicted octanol–water partition coefficient (Wildman–Crippen LogP) is 2.66. The number of thiophene rings is 1. The van der Waals surface area contributed by atoms with Gasteiger partial charge in [0, 0.05) is 18.0 Å². The first-order chi connectivity index (χ1) is 11.6. The third kappa shape index (κ3) is 4.07. The average molecular weight is 346 g/mol. The van der Waals surface area contributed by atoms with Gasteiger partial charge in [0.25, 0.3) is 0 Å². The first-order valence-corrected chi connectivity index (χ1v) is 8.90. The molecule has 6 heteroatoms. The fraction of sp³-hybridized carbons (Fsp3) is 0.389. The molecule has 1 unspecified atom stereocenters. The van der Waals surface area contributed by atoms with Gasteiger partial charge in [-0.25, -0.2) is 0 Å². The lowest BCUT2D eigenvalue weighted by molar-refractivity contribution is -0.125. The zero-order valence-electron chi connectivity index (χ0n) is 14.0. The van der Waals surface area contributed by atoms with Crippen LogP contribution in [-0.4, -0.2) is 37.2 Å². The molecule has 2 heterocycles. The van der Waals surface area contributed by atoms with Crippen LogP contribution in [0.3, 0.4) is 0 Å². The van der Waals surface area contributed by atoms with E-state index in [-0.39, 0.29) is 18.7 Å². The number of hydrogen-bond donors (Lipinski definition) is 1. The summed E-state index contributed by atoms with van der Waals surface area (Å²) in [5, 5.41) is 5.06. The van der Waals surface area contributed by atoms with Gasteiger partial charge in [-0.15, -0.1) is 11.3 Å². The molecule has 1 aromatic heterocycles. The first-order valence-electron chi connectivity index (χ1n) is 8.02. The third-order valence-electron chi connectivity index (χ3n) is 4.16. The Morgan fingerprint density at radius 2 is 2.17 bits per heavy atom. The van der Waals surface area contributed by atoms with Crippen molar-refractivity contribution in [2.75, 3.05) is 20.4 Å². The summed E-state index contributed by atoms with van der Waals surface area (Å²) in [6, 6.07) is 9.82. The molecule has 1 aliphatic heterocycles. The molecule has 1 N–H and O–H groups in total. The van der Waals surface area contributed by atoms with Crippen molar-refractivity contribution in [2.24, 2.45) is 0 Å². The van der Waals surface area contributed by atoms with E-state index in [1.54, 1.807) is 11.3 Å². The summed E-state index contributed by atoms with van der Waals surface area (Å²) >= 11 is 1.72. The maximum Gasteiger partial charge on any atom is 0.237 e. The number of ether oxygens (including phenoxy) is 2. The molecular weight excluding hydrogens is 324 g/mol. The van der Waals surface area contributed by atoms with Crippen molar-refractivity contribution in [2.45, 2.75) is 25.9 Å². The Hall–Kier alpha value is -2.05. The van der Waals surface area contributed by atoms with Gasteiger partial charge in [0.05, 0.1) is 6.04 Å². The molecule has 1 aromatic carbocycles. The van der Waals surface area contributed by atoms with E-state index in [2.05, 4.69) is 16.8 Å². The van der Waals surface area contributed by atoms with Crippen molar-refractivity contribution in [3.8, 4) is 11.5 Å². The molecule has 128 valence electrons. The molecule has 5 nitrogen and oxygen atoms in total. The van der Waals surface area contributed by atoms with E-state index >= 15 is 0 Å². The summed E-state index contributed by atoms with van der Waals surface area (Å²) in [6.07, 6.45) is 0.877. The molecule has 3 rings (SSSR count). The molecule has 2 aromatic rings. The van der Waals surface area contributed by atoms with Gasteiger partial charge in [0.15, 0.2) is 11.5 Å². The van der Waals surface area contributed by atoms with E-state index in [0.717, 1.165) is 23.5 Å². The highest BCUT2D eigenvalue weighted by molar-refractivity contribution is 7.09. The van der Waals surface area contributed by atoms with Gasteiger partial charge in [0.2, 0.25) is 12.7 Å². The van der Waals surface area contributed by atoms with Gasteiger partial charge in [0.1, 0.15) is 0 Å². The SMILES string of the molecule is CC(C(=O)NCCc1cccs1)N(C)Cc1ccc2c(c1)OCO2. The van der Waals surface area contributed by atoms with E-state index in [0.29, 0.717) is 13.1 Å². The molecule has 0 saturated carbocycles. The van der Waals surface area contributed by atoms with Crippen molar-refractivity contribution >= 4 is 17.2 Å². The maximum atomic E-state index is 12.3. The van der Waals surface area contributed by atoms with Crippen molar-refractivity contribution in [3.05, 3.63) is 46.2 Å². The Morgan fingerprint density at radius 3 is 2.96 bits per heavy atom. The number of carbonyl (C=O) groups excluding carboxylic acids is 1. The molecule has 1 aliphatic rings. The number of nitrogens with one attached hydrogen (secondary N) is 1. The van der Waals surface area contributed by atoms with Gasteiger partial charge in [-0.05, 0) is 49.5 Å². The van der Waals surface area contributed by atoms with E-state index in [4.69, 9.17) is 9.47 Å². The largest absolute Gasteiger partial charge is 0.454 e. The summed E-state index contributed by atoms with van der Waals surface area (Å²) in [5.74, 6) is 1.60. The minimum atomic E-state index is -0.196. The Labute approximate surface area is 146 Å². The van der Waals surface area contributed by atoms with Crippen LogP contribution >= 0.6 is 11.3 Å². The third-order valence-corrected chi connectivity index (χ3v) is 5.10. The van der Waals surface area contributed by atoms with Crippen LogP contribution in [0, 0.1) is 0 Å². The van der Waals surface area contributed by atoms with Crippen molar-refractivity contribution < 1.29 is 14.3 Å². The molecule has 0 radical (unpaired) electrons. The zero-order valence-corrected chi connectivity index (χ0v) is 14.8. The quantitative estimate of drug-likeness (QED) is 0.837. The lowest BCUT2D eigenvalue weighted by Crippen LogP contribution is -2.43. The van der Waals surface area contributed by atoms with Crippen molar-refractivity contribution in [1.29, 1.82) is 0 Å². The molecule has 0 saturated heterocycles. The molecule has 0 spiro atoms. The second-order valence-corrected chi connectivity index (χ2v) is 6.93. The minimum Gasteiger partial charge on any atom is -0.454 e. The van der Waals surface area contributed by atoms with E-state index in [9.17, 15) is 4.79 Å². The maximum absolute atomic E-state index is 12.3. The van der Waals surface area contributed by atoms with E-state index < -0.39 is 0 Å². The second-order valence-electron chi connectivity index (χ2n) is 5.90. The standard InChI is InChI=1S/C18H22N2O3S/c1-13(18(21)19-8-7-15-4-3-9-24-15)20(2)11-14-5-6-16-17(10-14)23-12-22-16/h3-6,9-10,13H,7-8,11-12H2,1-2H3,(H,19,21). The molecule has 1 atom stereocenters. The van der Waals surface area contributed by atoms with Gasteiger partial charge < -0.3 is 14.8 Å². The lowest BCUT2D eigenvalue weighted by Gasteiger charge is -2.24. The number of nitrogens with zero attached hydrogens (tertiary/aromatic N) is 1. The van der Waals surface area contributed by atoms with E-state index in [1.165, 1.54) is 4.88 Å². The van der Waals surface area contributed by atoms with Crippen molar-refractivity contribution in [1.82, 2.24) is 10.2 Å². The Kier molecular flexibility index (Phi) is 5.37. The zero-order chi connectivity index (χ0) is 16.9. The number of fused-ring (bicyclic) bond motifs is 1. The summed E-state index contributed by atoms with van der Waals surface area (Å²) in [7, 11) is 1.95. The van der Waals surface area contributed by atoms with Gasteiger partial charge >= 0.3 is 0 Å². The van der Waals surface area contributed by atoms with Gasteiger partial charge in [-0.1, -0.05) is 12.1 Å². The van der Waals surface area contributed by atoms with Crippen LogP contribution in [0.15, 0.2) is 35.7 Å². The van der Waals surface area contributed by atoms with Crippen LogP contribution in [0.4, 0.5) is 0 Å². The van der Waals surface area contributed by atoms with Crippen LogP contribution < -0.4 is 14.8 Å². The smallest absolute Gasteiger partial charge is 0.237 e. The average Bonchev–Trinajstić information content (AvgIpc) is 3.24. The Bertz CT molecular complexity index is 688. The van der Waals surface area contributed by atoms with Gasteiger partial charge in [-0.2, -0.15) is 0 Å². The molecular formula is C18H22N2O3S. The molecule has 1 amide bonds. The highest BCUT2D eigenvalue weighted by atomic mass is 32.1. The first kappa shape index (κ1) is 16.8. The van der Waals surface area contributed by atoms with Crippen LogP contribution in [-0.2, 0) is 17.8 Å². The molecule has 0 fully saturated rings. The molecule has 0 bridgehead atoms. The monoisotopic (exact) mass is 346 g/mol. The summed E-state index contributed by atoms with van der Waals surface area (Å²) in [4.78, 5) is 15.6. The topological polar surface area (TPSA) is 50.8 Å².